The summed E-state index contributed by atoms with van der Waals surface area (Å²) in [4.78, 5) is 27.8. The average Bonchev–Trinajstić information content (AvgIpc) is 3.08. The van der Waals surface area contributed by atoms with Crippen molar-refractivity contribution < 1.29 is 9.59 Å². The lowest BCUT2D eigenvalue weighted by Crippen LogP contribution is -2.30. The van der Waals surface area contributed by atoms with Gasteiger partial charge in [-0.2, -0.15) is 0 Å². The van der Waals surface area contributed by atoms with Crippen molar-refractivity contribution in [2.24, 2.45) is 5.92 Å². The number of anilines is 2. The van der Waals surface area contributed by atoms with Gasteiger partial charge >= 0.3 is 6.03 Å². The molecule has 1 aromatic heterocycles. The Bertz CT molecular complexity index is 710. The second-order valence-electron chi connectivity index (χ2n) is 6.21. The molecule has 0 aliphatic rings. The number of nitrogens with zero attached hydrogens (tertiary/aromatic N) is 2. The third-order valence-corrected chi connectivity index (χ3v) is 3.72. The van der Waals surface area contributed by atoms with Crippen molar-refractivity contribution in [2.75, 3.05) is 17.2 Å². The summed E-state index contributed by atoms with van der Waals surface area (Å²) in [6, 6.07) is 5.19. The first-order valence-corrected chi connectivity index (χ1v) is 8.38. The summed E-state index contributed by atoms with van der Waals surface area (Å²) >= 11 is 0. The molecular formula is C18H25N5O2. The third-order valence-electron chi connectivity index (χ3n) is 3.72. The number of imidazole rings is 1. The van der Waals surface area contributed by atoms with Crippen LogP contribution >= 0.6 is 0 Å². The van der Waals surface area contributed by atoms with Crippen LogP contribution in [0.5, 0.6) is 0 Å². The molecule has 0 aliphatic carbocycles. The Morgan fingerprint density at radius 1 is 1.24 bits per heavy atom. The average molecular weight is 343 g/mol. The summed E-state index contributed by atoms with van der Waals surface area (Å²) in [5.41, 5.74) is 2.27. The first kappa shape index (κ1) is 18.5. The van der Waals surface area contributed by atoms with Crippen molar-refractivity contribution >= 4 is 23.3 Å². The lowest BCUT2D eigenvalue weighted by atomic mass is 10.1. The van der Waals surface area contributed by atoms with E-state index in [1.54, 1.807) is 18.6 Å². The monoisotopic (exact) mass is 343 g/mol. The van der Waals surface area contributed by atoms with E-state index >= 15 is 0 Å². The fourth-order valence-electron chi connectivity index (χ4n) is 2.17. The fourth-order valence-corrected chi connectivity index (χ4v) is 2.17. The number of hydrogen-bond acceptors (Lipinski definition) is 3. The van der Waals surface area contributed by atoms with E-state index in [1.807, 2.05) is 43.7 Å². The maximum absolute atomic E-state index is 12.0. The molecule has 0 bridgehead atoms. The minimum absolute atomic E-state index is 0.0567. The second-order valence-corrected chi connectivity index (χ2v) is 6.21. The normalized spacial score (nSPS) is 10.6. The van der Waals surface area contributed by atoms with Gasteiger partial charge in [0, 0.05) is 42.8 Å². The van der Waals surface area contributed by atoms with Crippen LogP contribution in [-0.4, -0.2) is 28.0 Å². The van der Waals surface area contributed by atoms with Crippen LogP contribution in [0.2, 0.25) is 0 Å². The molecule has 134 valence electrons. The van der Waals surface area contributed by atoms with Crippen LogP contribution in [0.25, 0.3) is 0 Å². The Hall–Kier alpha value is -2.83. The van der Waals surface area contributed by atoms with E-state index < -0.39 is 0 Å². The molecule has 0 fully saturated rings. The zero-order chi connectivity index (χ0) is 18.2. The number of nitrogens with one attached hydrogen (secondary N) is 3. The summed E-state index contributed by atoms with van der Waals surface area (Å²) in [7, 11) is 0. The Kier molecular flexibility index (Phi) is 6.56. The molecule has 1 aromatic carbocycles. The van der Waals surface area contributed by atoms with Gasteiger partial charge in [0.2, 0.25) is 5.91 Å². The Labute approximate surface area is 147 Å². The van der Waals surface area contributed by atoms with E-state index in [9.17, 15) is 9.59 Å². The number of hydrogen-bond donors (Lipinski definition) is 3. The van der Waals surface area contributed by atoms with Gasteiger partial charge < -0.3 is 20.5 Å². The van der Waals surface area contributed by atoms with E-state index in [0.29, 0.717) is 17.9 Å². The largest absolute Gasteiger partial charge is 0.338 e. The molecule has 1 heterocycles. The highest BCUT2D eigenvalue weighted by molar-refractivity contribution is 5.94. The molecule has 0 saturated carbocycles. The van der Waals surface area contributed by atoms with Crippen LogP contribution in [0, 0.1) is 12.8 Å². The molecule has 0 unspecified atom stereocenters. The molecule has 0 radical (unpaired) electrons. The number of amides is 3. The van der Waals surface area contributed by atoms with Crippen molar-refractivity contribution in [1.82, 2.24) is 14.9 Å². The first-order valence-electron chi connectivity index (χ1n) is 8.38. The number of benzene rings is 1. The van der Waals surface area contributed by atoms with Gasteiger partial charge in [0.1, 0.15) is 0 Å². The van der Waals surface area contributed by atoms with E-state index in [4.69, 9.17) is 0 Å². The van der Waals surface area contributed by atoms with Gasteiger partial charge in [-0.1, -0.05) is 19.9 Å². The van der Waals surface area contributed by atoms with Gasteiger partial charge in [0.15, 0.2) is 0 Å². The quantitative estimate of drug-likeness (QED) is 0.675. The Morgan fingerprint density at radius 2 is 2.04 bits per heavy atom. The van der Waals surface area contributed by atoms with Crippen LogP contribution in [0.4, 0.5) is 16.2 Å². The minimum atomic E-state index is -0.263. The topological polar surface area (TPSA) is 88.0 Å². The zero-order valence-corrected chi connectivity index (χ0v) is 14.9. The summed E-state index contributed by atoms with van der Waals surface area (Å²) in [6.45, 7) is 6.94. The van der Waals surface area contributed by atoms with Gasteiger partial charge in [-0.3, -0.25) is 4.79 Å². The summed E-state index contributed by atoms with van der Waals surface area (Å²) in [5.74, 6) is -0.157. The lowest BCUT2D eigenvalue weighted by Gasteiger charge is -2.13. The molecule has 2 aromatic rings. The molecule has 25 heavy (non-hydrogen) atoms. The predicted octanol–water partition coefficient (Wildman–Crippen LogP) is 3.00. The molecule has 0 spiro atoms. The molecule has 0 atom stereocenters. The number of rotatable bonds is 7. The predicted molar refractivity (Wildman–Crippen MR) is 98.5 cm³/mol. The summed E-state index contributed by atoms with van der Waals surface area (Å²) < 4.78 is 1.96. The van der Waals surface area contributed by atoms with E-state index in [0.717, 1.165) is 18.5 Å². The van der Waals surface area contributed by atoms with Crippen LogP contribution in [0.1, 0.15) is 25.8 Å². The van der Waals surface area contributed by atoms with E-state index in [-0.39, 0.29) is 17.9 Å². The maximum atomic E-state index is 12.0. The van der Waals surface area contributed by atoms with Gasteiger partial charge in [0.25, 0.3) is 0 Å². The van der Waals surface area contributed by atoms with Crippen molar-refractivity contribution in [3.05, 3.63) is 42.5 Å². The molecule has 7 nitrogen and oxygen atoms in total. The second kappa shape index (κ2) is 8.86. The standard InChI is InChI=1S/C18H25N5O2/c1-13(2)17(24)21-15-6-5-14(3)16(11-15)22-18(25)20-7-4-9-23-10-8-19-12-23/h5-6,8,10-13H,4,7,9H2,1-3H3,(H,21,24)(H2,20,22,25). The summed E-state index contributed by atoms with van der Waals surface area (Å²) in [5, 5.41) is 8.49. The van der Waals surface area contributed by atoms with Crippen molar-refractivity contribution in [3.63, 3.8) is 0 Å². The zero-order valence-electron chi connectivity index (χ0n) is 14.9. The third kappa shape index (κ3) is 5.95. The van der Waals surface area contributed by atoms with Crippen LogP contribution in [0.15, 0.2) is 36.9 Å². The Morgan fingerprint density at radius 3 is 2.72 bits per heavy atom. The molecule has 3 amide bonds. The lowest BCUT2D eigenvalue weighted by molar-refractivity contribution is -0.118. The first-order chi connectivity index (χ1) is 12.0. The van der Waals surface area contributed by atoms with Gasteiger partial charge in [0.05, 0.1) is 6.33 Å². The Balaban J connectivity index is 1.83. The van der Waals surface area contributed by atoms with E-state index in [2.05, 4.69) is 20.9 Å². The highest BCUT2D eigenvalue weighted by Crippen LogP contribution is 2.20. The van der Waals surface area contributed by atoms with Crippen LogP contribution in [0.3, 0.4) is 0 Å². The van der Waals surface area contributed by atoms with Gasteiger partial charge in [-0.15, -0.1) is 0 Å². The number of urea groups is 1. The summed E-state index contributed by atoms with van der Waals surface area (Å²) in [6.07, 6.45) is 6.18. The van der Waals surface area contributed by atoms with Crippen molar-refractivity contribution in [2.45, 2.75) is 33.7 Å². The highest BCUT2D eigenvalue weighted by Gasteiger charge is 2.09. The fraction of sp³-hybridized carbons (Fsp3) is 0.389. The van der Waals surface area contributed by atoms with E-state index in [1.165, 1.54) is 0 Å². The molecule has 3 N–H and O–H groups in total. The molecule has 0 aliphatic heterocycles. The molecule has 7 heteroatoms. The number of aryl methyl sites for hydroxylation is 2. The SMILES string of the molecule is Cc1ccc(NC(=O)C(C)C)cc1NC(=O)NCCCn1ccnc1. The number of aromatic nitrogens is 2. The minimum Gasteiger partial charge on any atom is -0.338 e. The van der Waals surface area contributed by atoms with Crippen LogP contribution < -0.4 is 16.0 Å². The number of carbonyl (C=O) groups is 2. The molecular weight excluding hydrogens is 318 g/mol. The van der Waals surface area contributed by atoms with Crippen molar-refractivity contribution in [3.8, 4) is 0 Å². The van der Waals surface area contributed by atoms with Crippen molar-refractivity contribution in [1.29, 1.82) is 0 Å². The number of carbonyl (C=O) groups excluding carboxylic acids is 2. The molecule has 2 rings (SSSR count). The highest BCUT2D eigenvalue weighted by atomic mass is 16.2. The smallest absolute Gasteiger partial charge is 0.319 e. The van der Waals surface area contributed by atoms with Crippen LogP contribution in [-0.2, 0) is 11.3 Å². The maximum Gasteiger partial charge on any atom is 0.319 e. The van der Waals surface area contributed by atoms with Gasteiger partial charge in [-0.05, 0) is 31.0 Å². The molecule has 0 saturated heterocycles. The van der Waals surface area contributed by atoms with Gasteiger partial charge in [-0.25, -0.2) is 9.78 Å².